The molecule has 0 saturated carbocycles. The molecule has 3 aromatic rings. The Labute approximate surface area is 213 Å². The number of hydrazone groups is 1. The van der Waals surface area contributed by atoms with Crippen molar-refractivity contribution in [2.75, 3.05) is 25.1 Å². The highest BCUT2D eigenvalue weighted by Gasteiger charge is 2.27. The SMILES string of the molecule is COc1cc(/C=N/NC(=O)CN(c2ccc(C)cc2)S(=O)(=O)c2ccc(C)cc2)cc(Br)c1OC. The normalized spacial score (nSPS) is 11.3. The van der Waals surface area contributed by atoms with E-state index in [1.807, 2.05) is 13.8 Å². The molecule has 0 aliphatic carbocycles. The first-order chi connectivity index (χ1) is 16.6. The number of rotatable bonds is 9. The fourth-order valence-electron chi connectivity index (χ4n) is 3.22. The standard InChI is InChI=1S/C25H26BrN3O5S/c1-17-5-9-20(10-6-17)29(35(31,32)21-11-7-18(2)8-12-21)16-24(30)28-27-15-19-13-22(26)25(34-4)23(14-19)33-3/h5-15H,16H2,1-4H3,(H,28,30)/b27-15+. The number of ether oxygens (including phenoxy) is 2. The van der Waals surface area contributed by atoms with E-state index in [9.17, 15) is 13.2 Å². The molecule has 1 amide bonds. The molecule has 10 heteroatoms. The molecule has 35 heavy (non-hydrogen) atoms. The lowest BCUT2D eigenvalue weighted by atomic mass is 10.2. The summed E-state index contributed by atoms with van der Waals surface area (Å²) < 4.78 is 39.1. The number of methoxy groups -OCH3 is 2. The number of carbonyl (C=O) groups excluding carboxylic acids is 1. The monoisotopic (exact) mass is 559 g/mol. The number of nitrogens with one attached hydrogen (secondary N) is 1. The highest BCUT2D eigenvalue weighted by molar-refractivity contribution is 9.10. The molecule has 0 fully saturated rings. The molecule has 0 aliphatic rings. The van der Waals surface area contributed by atoms with Crippen molar-refractivity contribution >= 4 is 43.8 Å². The Morgan fingerprint density at radius 3 is 2.17 bits per heavy atom. The van der Waals surface area contributed by atoms with Crippen LogP contribution in [-0.2, 0) is 14.8 Å². The molecule has 0 heterocycles. The number of halogens is 1. The van der Waals surface area contributed by atoms with Gasteiger partial charge in [0.05, 0.1) is 35.5 Å². The van der Waals surface area contributed by atoms with Crippen molar-refractivity contribution in [1.29, 1.82) is 0 Å². The van der Waals surface area contributed by atoms with E-state index in [1.54, 1.807) is 48.5 Å². The minimum atomic E-state index is -3.99. The molecule has 3 rings (SSSR count). The fourth-order valence-corrected chi connectivity index (χ4v) is 5.26. The maximum Gasteiger partial charge on any atom is 0.264 e. The van der Waals surface area contributed by atoms with Gasteiger partial charge >= 0.3 is 0 Å². The number of hydrogen-bond donors (Lipinski definition) is 1. The summed E-state index contributed by atoms with van der Waals surface area (Å²) in [6.45, 7) is 3.32. The zero-order chi connectivity index (χ0) is 25.6. The van der Waals surface area contributed by atoms with Gasteiger partial charge in [0.25, 0.3) is 15.9 Å². The molecular weight excluding hydrogens is 534 g/mol. The molecule has 0 aliphatic heterocycles. The van der Waals surface area contributed by atoms with E-state index >= 15 is 0 Å². The van der Waals surface area contributed by atoms with E-state index in [0.29, 0.717) is 27.2 Å². The molecule has 0 spiro atoms. The molecule has 1 N–H and O–H groups in total. The number of anilines is 1. The minimum Gasteiger partial charge on any atom is -0.493 e. The largest absolute Gasteiger partial charge is 0.493 e. The fraction of sp³-hybridized carbons (Fsp3) is 0.200. The predicted molar refractivity (Wildman–Crippen MR) is 140 cm³/mol. The van der Waals surface area contributed by atoms with E-state index in [2.05, 4.69) is 26.5 Å². The zero-order valence-electron chi connectivity index (χ0n) is 19.8. The molecule has 184 valence electrons. The molecule has 0 atom stereocenters. The first-order valence-corrected chi connectivity index (χ1v) is 12.8. The van der Waals surface area contributed by atoms with Gasteiger partial charge in [-0.15, -0.1) is 0 Å². The Kier molecular flexibility index (Phi) is 8.52. The van der Waals surface area contributed by atoms with Crippen LogP contribution in [-0.4, -0.2) is 41.3 Å². The van der Waals surface area contributed by atoms with Crippen LogP contribution in [0.25, 0.3) is 0 Å². The summed E-state index contributed by atoms with van der Waals surface area (Å²) >= 11 is 3.40. The number of amides is 1. The van der Waals surface area contributed by atoms with E-state index < -0.39 is 22.5 Å². The Morgan fingerprint density at radius 2 is 1.60 bits per heavy atom. The van der Waals surface area contributed by atoms with Crippen LogP contribution in [0.15, 0.2) is 75.1 Å². The van der Waals surface area contributed by atoms with Crippen molar-refractivity contribution < 1.29 is 22.7 Å². The summed E-state index contributed by atoms with van der Waals surface area (Å²) in [5.74, 6) is 0.421. The quantitative estimate of drug-likeness (QED) is 0.309. The van der Waals surface area contributed by atoms with Gasteiger partial charge in [-0.2, -0.15) is 5.10 Å². The molecule has 0 bridgehead atoms. The summed E-state index contributed by atoms with van der Waals surface area (Å²) in [7, 11) is -0.950. The van der Waals surface area contributed by atoms with Crippen LogP contribution < -0.4 is 19.2 Å². The first-order valence-electron chi connectivity index (χ1n) is 10.5. The summed E-state index contributed by atoms with van der Waals surface area (Å²) in [6.07, 6.45) is 1.43. The number of hydrogen-bond acceptors (Lipinski definition) is 6. The van der Waals surface area contributed by atoms with Crippen molar-refractivity contribution in [1.82, 2.24) is 5.43 Å². The number of aryl methyl sites for hydroxylation is 2. The molecular formula is C25H26BrN3O5S. The third kappa shape index (κ3) is 6.40. The average Bonchev–Trinajstić information content (AvgIpc) is 2.83. The van der Waals surface area contributed by atoms with Crippen molar-refractivity contribution in [2.24, 2.45) is 5.10 Å². The summed E-state index contributed by atoms with van der Waals surface area (Å²) in [5.41, 5.74) is 5.31. The molecule has 0 unspecified atom stereocenters. The number of nitrogens with zero attached hydrogens (tertiary/aromatic N) is 2. The van der Waals surface area contributed by atoms with Crippen LogP contribution in [0.3, 0.4) is 0 Å². The van der Waals surface area contributed by atoms with Crippen molar-refractivity contribution in [3.63, 3.8) is 0 Å². The van der Waals surface area contributed by atoms with E-state index in [0.717, 1.165) is 15.4 Å². The number of carbonyl (C=O) groups is 1. The Balaban J connectivity index is 1.83. The van der Waals surface area contributed by atoms with E-state index in [-0.39, 0.29) is 4.90 Å². The molecule has 3 aromatic carbocycles. The zero-order valence-corrected chi connectivity index (χ0v) is 22.2. The molecule has 0 saturated heterocycles. The van der Waals surface area contributed by atoms with Gasteiger partial charge in [-0.1, -0.05) is 35.4 Å². The highest BCUT2D eigenvalue weighted by atomic mass is 79.9. The smallest absolute Gasteiger partial charge is 0.264 e. The Bertz CT molecular complexity index is 1320. The molecule has 0 radical (unpaired) electrons. The van der Waals surface area contributed by atoms with Gasteiger partial charge in [-0.05, 0) is 71.7 Å². The van der Waals surface area contributed by atoms with Crippen LogP contribution in [0.4, 0.5) is 5.69 Å². The van der Waals surface area contributed by atoms with Gasteiger partial charge in [-0.25, -0.2) is 13.8 Å². The average molecular weight is 560 g/mol. The molecule has 0 aromatic heterocycles. The lowest BCUT2D eigenvalue weighted by Gasteiger charge is -2.24. The second-order valence-corrected chi connectivity index (χ2v) is 10.4. The van der Waals surface area contributed by atoms with Crippen LogP contribution in [0, 0.1) is 13.8 Å². The Hall–Kier alpha value is -3.37. The topological polar surface area (TPSA) is 97.3 Å². The highest BCUT2D eigenvalue weighted by Crippen LogP contribution is 2.35. The third-order valence-corrected chi connectivity index (χ3v) is 7.45. The maximum absolute atomic E-state index is 13.4. The third-order valence-electron chi connectivity index (χ3n) is 5.08. The van der Waals surface area contributed by atoms with Gasteiger partial charge in [-0.3, -0.25) is 9.10 Å². The lowest BCUT2D eigenvalue weighted by molar-refractivity contribution is -0.119. The second-order valence-electron chi connectivity index (χ2n) is 7.69. The van der Waals surface area contributed by atoms with Crippen molar-refractivity contribution in [3.05, 3.63) is 81.8 Å². The van der Waals surface area contributed by atoms with Crippen LogP contribution in [0.1, 0.15) is 16.7 Å². The van der Waals surface area contributed by atoms with Crippen LogP contribution in [0.5, 0.6) is 11.5 Å². The second kappa shape index (κ2) is 11.4. The minimum absolute atomic E-state index is 0.0927. The summed E-state index contributed by atoms with van der Waals surface area (Å²) in [6, 6.07) is 16.8. The predicted octanol–water partition coefficient (Wildman–Crippen LogP) is 4.43. The Morgan fingerprint density at radius 1 is 1.00 bits per heavy atom. The number of benzene rings is 3. The van der Waals surface area contributed by atoms with Gasteiger partial charge in [0.15, 0.2) is 11.5 Å². The maximum atomic E-state index is 13.4. The summed E-state index contributed by atoms with van der Waals surface area (Å²) in [5, 5.41) is 3.98. The van der Waals surface area contributed by atoms with E-state index in [1.165, 1.54) is 32.6 Å². The van der Waals surface area contributed by atoms with Crippen LogP contribution in [0.2, 0.25) is 0 Å². The van der Waals surface area contributed by atoms with Gasteiger partial charge in [0, 0.05) is 0 Å². The van der Waals surface area contributed by atoms with Crippen molar-refractivity contribution in [2.45, 2.75) is 18.7 Å². The van der Waals surface area contributed by atoms with Crippen molar-refractivity contribution in [3.8, 4) is 11.5 Å². The van der Waals surface area contributed by atoms with Gasteiger partial charge < -0.3 is 9.47 Å². The lowest BCUT2D eigenvalue weighted by Crippen LogP contribution is -2.39. The van der Waals surface area contributed by atoms with Gasteiger partial charge in [0.1, 0.15) is 6.54 Å². The van der Waals surface area contributed by atoms with Gasteiger partial charge in [0.2, 0.25) is 0 Å². The summed E-state index contributed by atoms with van der Waals surface area (Å²) in [4.78, 5) is 12.8. The molecule has 8 nitrogen and oxygen atoms in total. The van der Waals surface area contributed by atoms with E-state index in [4.69, 9.17) is 9.47 Å². The number of sulfonamides is 1. The first kappa shape index (κ1) is 26.2. The van der Waals surface area contributed by atoms with Crippen LogP contribution >= 0.6 is 15.9 Å².